The molecule has 4 nitrogen and oxygen atoms in total. The first-order chi connectivity index (χ1) is 9.65. The highest BCUT2D eigenvalue weighted by atomic mass is 79.9. The quantitative estimate of drug-likeness (QED) is 0.775. The lowest BCUT2D eigenvalue weighted by molar-refractivity contribution is 0.0940. The van der Waals surface area contributed by atoms with Crippen molar-refractivity contribution in [3.05, 3.63) is 23.8 Å². The molecule has 5 heteroatoms. The van der Waals surface area contributed by atoms with Gasteiger partial charge in [0.2, 0.25) is 0 Å². The second kappa shape index (κ2) is 6.48. The third-order valence-corrected chi connectivity index (χ3v) is 4.25. The maximum atomic E-state index is 12.3. The molecule has 1 amide bonds. The van der Waals surface area contributed by atoms with E-state index in [9.17, 15) is 4.79 Å². The molecular formula is C15H20BrNO3. The van der Waals surface area contributed by atoms with Gasteiger partial charge in [0.1, 0.15) is 0 Å². The van der Waals surface area contributed by atoms with E-state index in [4.69, 9.17) is 9.47 Å². The first-order valence-electron chi connectivity index (χ1n) is 6.71. The van der Waals surface area contributed by atoms with Crippen LogP contribution in [-0.4, -0.2) is 32.0 Å². The number of hydrogen-bond donors (Lipinski definition) is 1. The minimum absolute atomic E-state index is 0.110. The fraction of sp³-hybridized carbons (Fsp3) is 0.533. The number of nitrogens with one attached hydrogen (secondary N) is 1. The highest BCUT2D eigenvalue weighted by Crippen LogP contribution is 2.48. The number of hydrogen-bond acceptors (Lipinski definition) is 3. The van der Waals surface area contributed by atoms with Crippen molar-refractivity contribution in [2.75, 3.05) is 26.1 Å². The van der Waals surface area contributed by atoms with Crippen LogP contribution < -0.4 is 14.8 Å². The number of halogens is 1. The third-order valence-electron chi connectivity index (χ3n) is 3.85. The summed E-state index contributed by atoms with van der Waals surface area (Å²) in [5.41, 5.74) is 0.812. The predicted octanol–water partition coefficient (Wildman–Crippen LogP) is 3.00. The molecule has 0 bridgehead atoms. The molecule has 0 spiro atoms. The van der Waals surface area contributed by atoms with Gasteiger partial charge in [-0.25, -0.2) is 0 Å². The Hall–Kier alpha value is -1.23. The zero-order valence-corrected chi connectivity index (χ0v) is 13.5. The lowest BCUT2D eigenvalue weighted by Crippen LogP contribution is -2.30. The average Bonchev–Trinajstić information content (AvgIpc) is 3.24. The number of benzene rings is 1. The van der Waals surface area contributed by atoms with Gasteiger partial charge in [0.05, 0.1) is 19.8 Å². The second-order valence-corrected chi connectivity index (χ2v) is 5.96. The summed E-state index contributed by atoms with van der Waals surface area (Å²) in [5, 5.41) is 3.99. The van der Waals surface area contributed by atoms with Crippen molar-refractivity contribution in [3.63, 3.8) is 0 Å². The van der Waals surface area contributed by atoms with E-state index in [2.05, 4.69) is 21.2 Å². The molecule has 1 fully saturated rings. The number of carbonyl (C=O) groups is 1. The van der Waals surface area contributed by atoms with Gasteiger partial charge in [-0.05, 0) is 36.8 Å². The Bertz CT molecular complexity index is 486. The Kier molecular flexibility index (Phi) is 4.91. The molecule has 20 heavy (non-hydrogen) atoms. The standard InChI is InChI=1S/C15H20BrNO3/c1-19-12-5-3-4-11(13(12)20-2)14(18)17-10-15(6-7-15)8-9-16/h3-5H,6-10H2,1-2H3,(H,17,18). The van der Waals surface area contributed by atoms with E-state index >= 15 is 0 Å². The van der Waals surface area contributed by atoms with Crippen LogP contribution in [0, 0.1) is 5.41 Å². The summed E-state index contributed by atoms with van der Waals surface area (Å²) in [5.74, 6) is 0.946. The number of ether oxygens (including phenoxy) is 2. The van der Waals surface area contributed by atoms with Gasteiger partial charge in [0.15, 0.2) is 11.5 Å². The van der Waals surface area contributed by atoms with E-state index in [1.54, 1.807) is 32.4 Å². The van der Waals surface area contributed by atoms with Gasteiger partial charge in [-0.2, -0.15) is 0 Å². The summed E-state index contributed by atoms with van der Waals surface area (Å²) in [6, 6.07) is 5.32. The zero-order valence-electron chi connectivity index (χ0n) is 11.9. The van der Waals surface area contributed by atoms with Crippen molar-refractivity contribution in [1.82, 2.24) is 5.32 Å². The molecule has 2 rings (SSSR count). The van der Waals surface area contributed by atoms with Crippen molar-refractivity contribution in [2.45, 2.75) is 19.3 Å². The molecule has 1 aliphatic carbocycles. The van der Waals surface area contributed by atoms with E-state index in [1.807, 2.05) is 0 Å². The summed E-state index contributed by atoms with van der Waals surface area (Å²) in [6.45, 7) is 0.720. The molecule has 1 aliphatic rings. The topological polar surface area (TPSA) is 47.6 Å². The normalized spacial score (nSPS) is 15.6. The maximum Gasteiger partial charge on any atom is 0.255 e. The smallest absolute Gasteiger partial charge is 0.255 e. The Morgan fingerprint density at radius 3 is 2.65 bits per heavy atom. The molecule has 0 radical (unpaired) electrons. The zero-order chi connectivity index (χ0) is 14.6. The van der Waals surface area contributed by atoms with Crippen LogP contribution >= 0.6 is 15.9 Å². The van der Waals surface area contributed by atoms with Crippen LogP contribution in [0.1, 0.15) is 29.6 Å². The number of para-hydroxylation sites is 1. The molecule has 0 unspecified atom stereocenters. The monoisotopic (exact) mass is 341 g/mol. The summed E-state index contributed by atoms with van der Waals surface area (Å²) >= 11 is 3.47. The number of amides is 1. The SMILES string of the molecule is COc1cccc(C(=O)NCC2(CCBr)CC2)c1OC. The molecule has 1 saturated carbocycles. The summed E-state index contributed by atoms with van der Waals surface area (Å²) < 4.78 is 10.5. The molecule has 1 N–H and O–H groups in total. The van der Waals surface area contributed by atoms with Crippen LogP contribution in [0.3, 0.4) is 0 Å². The molecule has 0 heterocycles. The van der Waals surface area contributed by atoms with Crippen LogP contribution in [0.25, 0.3) is 0 Å². The van der Waals surface area contributed by atoms with Gasteiger partial charge in [0, 0.05) is 11.9 Å². The van der Waals surface area contributed by atoms with Gasteiger partial charge in [-0.15, -0.1) is 0 Å². The molecule has 1 aromatic carbocycles. The average molecular weight is 342 g/mol. The van der Waals surface area contributed by atoms with Crippen molar-refractivity contribution >= 4 is 21.8 Å². The van der Waals surface area contributed by atoms with Crippen LogP contribution in [0.5, 0.6) is 11.5 Å². The van der Waals surface area contributed by atoms with Gasteiger partial charge in [-0.3, -0.25) is 4.79 Å². The first kappa shape index (κ1) is 15.2. The Morgan fingerprint density at radius 1 is 1.35 bits per heavy atom. The van der Waals surface area contributed by atoms with E-state index in [0.717, 1.165) is 18.3 Å². The van der Waals surface area contributed by atoms with E-state index in [1.165, 1.54) is 12.8 Å². The minimum atomic E-state index is -0.110. The van der Waals surface area contributed by atoms with Crippen LogP contribution in [-0.2, 0) is 0 Å². The number of rotatable bonds is 7. The molecule has 110 valence electrons. The van der Waals surface area contributed by atoms with Crippen LogP contribution in [0.4, 0.5) is 0 Å². The van der Waals surface area contributed by atoms with Gasteiger partial charge >= 0.3 is 0 Å². The van der Waals surface area contributed by atoms with Crippen molar-refractivity contribution in [3.8, 4) is 11.5 Å². The molecular weight excluding hydrogens is 322 g/mol. The summed E-state index contributed by atoms with van der Waals surface area (Å²) in [7, 11) is 3.11. The van der Waals surface area contributed by atoms with E-state index < -0.39 is 0 Å². The van der Waals surface area contributed by atoms with E-state index in [0.29, 0.717) is 22.5 Å². The van der Waals surface area contributed by atoms with Gasteiger partial charge in [-0.1, -0.05) is 22.0 Å². The Labute approximate surface area is 128 Å². The summed E-state index contributed by atoms with van der Waals surface area (Å²) in [6.07, 6.45) is 3.48. The lowest BCUT2D eigenvalue weighted by atomic mass is 10.0. The fourth-order valence-electron chi connectivity index (χ4n) is 2.32. The largest absolute Gasteiger partial charge is 0.493 e. The third kappa shape index (κ3) is 3.26. The number of carbonyl (C=O) groups excluding carboxylic acids is 1. The summed E-state index contributed by atoms with van der Waals surface area (Å²) in [4.78, 5) is 12.3. The first-order valence-corrected chi connectivity index (χ1v) is 7.83. The van der Waals surface area contributed by atoms with Crippen molar-refractivity contribution in [2.24, 2.45) is 5.41 Å². The van der Waals surface area contributed by atoms with Crippen molar-refractivity contribution < 1.29 is 14.3 Å². The maximum absolute atomic E-state index is 12.3. The van der Waals surface area contributed by atoms with Crippen LogP contribution in [0.2, 0.25) is 0 Å². The molecule has 0 atom stereocenters. The van der Waals surface area contributed by atoms with Crippen molar-refractivity contribution in [1.29, 1.82) is 0 Å². The van der Waals surface area contributed by atoms with Crippen LogP contribution in [0.15, 0.2) is 18.2 Å². The molecule has 0 aliphatic heterocycles. The van der Waals surface area contributed by atoms with Gasteiger partial charge in [0.25, 0.3) is 5.91 Å². The minimum Gasteiger partial charge on any atom is -0.493 e. The molecule has 0 aromatic heterocycles. The highest BCUT2D eigenvalue weighted by Gasteiger charge is 2.41. The predicted molar refractivity (Wildman–Crippen MR) is 82.0 cm³/mol. The Balaban J connectivity index is 2.06. The fourth-order valence-corrected chi connectivity index (χ4v) is 3.16. The van der Waals surface area contributed by atoms with Gasteiger partial charge < -0.3 is 14.8 Å². The number of methoxy groups -OCH3 is 2. The second-order valence-electron chi connectivity index (χ2n) is 5.16. The molecule has 0 saturated heterocycles. The number of alkyl halides is 1. The molecule has 1 aromatic rings. The lowest BCUT2D eigenvalue weighted by Gasteiger charge is -2.16. The van der Waals surface area contributed by atoms with E-state index in [-0.39, 0.29) is 5.91 Å². The highest BCUT2D eigenvalue weighted by molar-refractivity contribution is 9.09. The Morgan fingerprint density at radius 2 is 2.10 bits per heavy atom.